The summed E-state index contributed by atoms with van der Waals surface area (Å²) in [5, 5.41) is 3.04. The number of amides is 2. The van der Waals surface area contributed by atoms with Gasteiger partial charge in [-0.2, -0.15) is 0 Å². The van der Waals surface area contributed by atoms with E-state index in [2.05, 4.69) is 17.1 Å². The molecule has 0 aliphatic carbocycles. The highest BCUT2D eigenvalue weighted by Crippen LogP contribution is 2.20. The van der Waals surface area contributed by atoms with Crippen LogP contribution in [0.5, 0.6) is 0 Å². The van der Waals surface area contributed by atoms with Gasteiger partial charge in [0, 0.05) is 19.6 Å². The zero-order valence-electron chi connectivity index (χ0n) is 15.8. The highest BCUT2D eigenvalue weighted by atomic mass is 16.3. The monoisotopic (exact) mass is 361 g/mol. The summed E-state index contributed by atoms with van der Waals surface area (Å²) in [5.41, 5.74) is 0. The maximum absolute atomic E-state index is 12.6. The van der Waals surface area contributed by atoms with Crippen molar-refractivity contribution in [2.24, 2.45) is 5.92 Å². The Hall–Kier alpha value is -1.82. The minimum absolute atomic E-state index is 0.0309. The standard InChI is InChI=1S/C20H31N3O3/c1-16-7-4-11-22(15-16)12-6-10-21-19(24)17-8-2-3-13-23(17)20(25)18-9-5-14-26-18/h5,9,14,16-17H,2-4,6-8,10-13,15H2,1H3,(H,21,24). The van der Waals surface area contributed by atoms with Gasteiger partial charge in [0.05, 0.1) is 6.26 Å². The van der Waals surface area contributed by atoms with Crippen molar-refractivity contribution in [2.45, 2.75) is 51.5 Å². The van der Waals surface area contributed by atoms with Crippen molar-refractivity contribution in [1.29, 1.82) is 0 Å². The highest BCUT2D eigenvalue weighted by Gasteiger charge is 2.33. The van der Waals surface area contributed by atoms with Gasteiger partial charge >= 0.3 is 0 Å². The molecular formula is C20H31N3O3. The number of piperidine rings is 2. The van der Waals surface area contributed by atoms with Gasteiger partial charge in [-0.3, -0.25) is 9.59 Å². The van der Waals surface area contributed by atoms with Crippen LogP contribution in [0.15, 0.2) is 22.8 Å². The smallest absolute Gasteiger partial charge is 0.290 e. The number of nitrogens with one attached hydrogen (secondary N) is 1. The highest BCUT2D eigenvalue weighted by molar-refractivity contribution is 5.95. The summed E-state index contributed by atoms with van der Waals surface area (Å²) >= 11 is 0. The Morgan fingerprint density at radius 2 is 2.12 bits per heavy atom. The Morgan fingerprint density at radius 3 is 2.88 bits per heavy atom. The van der Waals surface area contributed by atoms with Crippen LogP contribution in [0, 0.1) is 5.92 Å². The zero-order chi connectivity index (χ0) is 18.4. The van der Waals surface area contributed by atoms with Crippen LogP contribution in [-0.2, 0) is 4.79 Å². The van der Waals surface area contributed by atoms with E-state index < -0.39 is 0 Å². The Kier molecular flexibility index (Phi) is 6.72. The summed E-state index contributed by atoms with van der Waals surface area (Å²) in [6.45, 7) is 6.96. The van der Waals surface area contributed by atoms with Gasteiger partial charge in [-0.25, -0.2) is 0 Å². The molecule has 1 aromatic heterocycles. The van der Waals surface area contributed by atoms with E-state index in [1.54, 1.807) is 17.0 Å². The average molecular weight is 361 g/mol. The molecule has 0 aromatic carbocycles. The second-order valence-corrected chi connectivity index (χ2v) is 7.68. The fourth-order valence-electron chi connectivity index (χ4n) is 4.11. The molecule has 6 nitrogen and oxygen atoms in total. The molecule has 3 heterocycles. The second kappa shape index (κ2) is 9.21. The fourth-order valence-corrected chi connectivity index (χ4v) is 4.11. The maximum Gasteiger partial charge on any atom is 0.290 e. The Morgan fingerprint density at radius 1 is 1.23 bits per heavy atom. The van der Waals surface area contributed by atoms with E-state index in [4.69, 9.17) is 4.42 Å². The van der Waals surface area contributed by atoms with E-state index >= 15 is 0 Å². The molecule has 1 aromatic rings. The van der Waals surface area contributed by atoms with Crippen LogP contribution in [0.2, 0.25) is 0 Å². The largest absolute Gasteiger partial charge is 0.459 e. The van der Waals surface area contributed by atoms with Crippen molar-refractivity contribution >= 4 is 11.8 Å². The lowest BCUT2D eigenvalue weighted by atomic mass is 10.00. The van der Waals surface area contributed by atoms with Crippen molar-refractivity contribution < 1.29 is 14.0 Å². The second-order valence-electron chi connectivity index (χ2n) is 7.68. The molecule has 2 amide bonds. The molecule has 26 heavy (non-hydrogen) atoms. The van der Waals surface area contributed by atoms with Crippen molar-refractivity contribution in [3.8, 4) is 0 Å². The number of carbonyl (C=O) groups is 2. The van der Waals surface area contributed by atoms with Gasteiger partial charge < -0.3 is 19.5 Å². The number of carbonyl (C=O) groups excluding carboxylic acids is 2. The van der Waals surface area contributed by atoms with Crippen LogP contribution in [0.25, 0.3) is 0 Å². The number of nitrogens with zero attached hydrogens (tertiary/aromatic N) is 2. The summed E-state index contributed by atoms with van der Waals surface area (Å²) in [4.78, 5) is 29.4. The lowest BCUT2D eigenvalue weighted by Crippen LogP contribution is -2.52. The van der Waals surface area contributed by atoms with Crippen LogP contribution in [0.3, 0.4) is 0 Å². The minimum Gasteiger partial charge on any atom is -0.459 e. The molecule has 3 rings (SSSR count). The van der Waals surface area contributed by atoms with Crippen molar-refractivity contribution in [2.75, 3.05) is 32.7 Å². The summed E-state index contributed by atoms with van der Waals surface area (Å²) in [5.74, 6) is 0.874. The van der Waals surface area contributed by atoms with E-state index in [-0.39, 0.29) is 17.9 Å². The molecule has 0 radical (unpaired) electrons. The third-order valence-electron chi connectivity index (χ3n) is 5.49. The minimum atomic E-state index is -0.378. The number of hydrogen-bond donors (Lipinski definition) is 1. The molecule has 2 unspecified atom stereocenters. The number of furan rings is 1. The Labute approximate surface area is 155 Å². The molecule has 2 aliphatic heterocycles. The van der Waals surface area contributed by atoms with E-state index in [1.165, 1.54) is 32.2 Å². The van der Waals surface area contributed by atoms with Gasteiger partial charge in [-0.15, -0.1) is 0 Å². The maximum atomic E-state index is 12.6. The average Bonchev–Trinajstić information content (AvgIpc) is 3.19. The predicted octanol–water partition coefficient (Wildman–Crippen LogP) is 2.51. The molecule has 2 atom stereocenters. The topological polar surface area (TPSA) is 65.8 Å². The molecule has 144 valence electrons. The molecule has 2 aliphatic rings. The number of likely N-dealkylation sites (tertiary alicyclic amines) is 2. The van der Waals surface area contributed by atoms with Crippen molar-refractivity contribution in [3.05, 3.63) is 24.2 Å². The first kappa shape index (κ1) is 19.0. The van der Waals surface area contributed by atoms with Gasteiger partial charge in [0.25, 0.3) is 5.91 Å². The van der Waals surface area contributed by atoms with Crippen molar-refractivity contribution in [3.63, 3.8) is 0 Å². The molecule has 2 fully saturated rings. The number of hydrogen-bond acceptors (Lipinski definition) is 4. The van der Waals surface area contributed by atoms with Crippen LogP contribution in [0.1, 0.15) is 56.0 Å². The summed E-state index contributed by atoms with van der Waals surface area (Å²) in [7, 11) is 0. The third-order valence-corrected chi connectivity index (χ3v) is 5.49. The summed E-state index contributed by atoms with van der Waals surface area (Å²) < 4.78 is 5.22. The first-order chi connectivity index (χ1) is 12.6. The molecule has 0 spiro atoms. The van der Waals surface area contributed by atoms with Crippen LogP contribution in [-0.4, -0.2) is 60.4 Å². The lowest BCUT2D eigenvalue weighted by Gasteiger charge is -2.34. The number of rotatable bonds is 6. The van der Waals surface area contributed by atoms with Gasteiger partial charge in [0.1, 0.15) is 6.04 Å². The first-order valence-corrected chi connectivity index (χ1v) is 9.99. The van der Waals surface area contributed by atoms with E-state index in [9.17, 15) is 9.59 Å². The molecule has 0 bridgehead atoms. The molecule has 0 saturated carbocycles. The molecule has 1 N–H and O–H groups in total. The van der Waals surface area contributed by atoms with E-state index in [0.717, 1.165) is 38.1 Å². The van der Waals surface area contributed by atoms with Crippen molar-refractivity contribution in [1.82, 2.24) is 15.1 Å². The molecule has 2 saturated heterocycles. The first-order valence-electron chi connectivity index (χ1n) is 9.99. The SMILES string of the molecule is CC1CCCN(CCCNC(=O)C2CCCCN2C(=O)c2ccco2)C1. The van der Waals surface area contributed by atoms with E-state index in [0.29, 0.717) is 18.8 Å². The van der Waals surface area contributed by atoms with Crippen LogP contribution >= 0.6 is 0 Å². The molecule has 6 heteroatoms. The summed E-state index contributed by atoms with van der Waals surface area (Å²) in [6.07, 6.45) is 7.69. The lowest BCUT2D eigenvalue weighted by molar-refractivity contribution is -0.126. The Balaban J connectivity index is 1.45. The van der Waals surface area contributed by atoms with Gasteiger partial charge in [0.15, 0.2) is 5.76 Å². The quantitative estimate of drug-likeness (QED) is 0.791. The van der Waals surface area contributed by atoms with Gasteiger partial charge in [-0.1, -0.05) is 6.92 Å². The van der Waals surface area contributed by atoms with Gasteiger partial charge in [-0.05, 0) is 69.7 Å². The van der Waals surface area contributed by atoms with Crippen LogP contribution < -0.4 is 5.32 Å². The van der Waals surface area contributed by atoms with E-state index in [1.807, 2.05) is 0 Å². The van der Waals surface area contributed by atoms with Crippen LogP contribution in [0.4, 0.5) is 0 Å². The Bertz CT molecular complexity index is 587. The fraction of sp³-hybridized carbons (Fsp3) is 0.700. The predicted molar refractivity (Wildman–Crippen MR) is 99.8 cm³/mol. The molecular weight excluding hydrogens is 330 g/mol. The summed E-state index contributed by atoms with van der Waals surface area (Å²) in [6, 6.07) is 2.98. The third kappa shape index (κ3) is 4.87. The zero-order valence-corrected chi connectivity index (χ0v) is 15.8. The normalized spacial score (nSPS) is 24.4. The van der Waals surface area contributed by atoms with Gasteiger partial charge in [0.2, 0.25) is 5.91 Å².